The quantitative estimate of drug-likeness (QED) is 0.171. The number of furan rings is 1. The van der Waals surface area contributed by atoms with Gasteiger partial charge in [0, 0.05) is 53.2 Å². The molecule has 8 aromatic carbocycles. The highest BCUT2D eigenvalue weighted by molar-refractivity contribution is 7.26. The van der Waals surface area contributed by atoms with Crippen LogP contribution in [-0.4, -0.2) is 15.0 Å². The summed E-state index contributed by atoms with van der Waals surface area (Å²) in [6.45, 7) is 0. The van der Waals surface area contributed by atoms with E-state index in [1.165, 1.54) is 36.9 Å². The molecule has 0 aliphatic heterocycles. The first-order valence-corrected chi connectivity index (χ1v) is 19.5. The summed E-state index contributed by atoms with van der Waals surface area (Å²) in [6.07, 6.45) is 0. The first kappa shape index (κ1) is 32.2. The van der Waals surface area contributed by atoms with Crippen molar-refractivity contribution in [3.63, 3.8) is 0 Å². The molecule has 56 heavy (non-hydrogen) atoms. The third-order valence-electron chi connectivity index (χ3n) is 10.6. The molecule has 0 saturated carbocycles. The third kappa shape index (κ3) is 5.40. The van der Waals surface area contributed by atoms with Crippen LogP contribution in [0.2, 0.25) is 0 Å². The molecule has 0 bridgehead atoms. The summed E-state index contributed by atoms with van der Waals surface area (Å²) in [6, 6.07) is 65.5. The summed E-state index contributed by atoms with van der Waals surface area (Å²) in [5.74, 6) is 1.90. The maximum Gasteiger partial charge on any atom is 0.164 e. The van der Waals surface area contributed by atoms with Crippen LogP contribution in [0.1, 0.15) is 0 Å². The van der Waals surface area contributed by atoms with Gasteiger partial charge in [0.1, 0.15) is 11.2 Å². The minimum absolute atomic E-state index is 0.623. The lowest BCUT2D eigenvalue weighted by molar-refractivity contribution is 0.670. The average Bonchev–Trinajstić information content (AvgIpc) is 3.86. The Hall–Kier alpha value is -7.21. The molecule has 11 aromatic rings. The van der Waals surface area contributed by atoms with E-state index >= 15 is 0 Å². The summed E-state index contributed by atoms with van der Waals surface area (Å²) < 4.78 is 9.40. The molecule has 0 spiro atoms. The van der Waals surface area contributed by atoms with E-state index in [2.05, 4.69) is 127 Å². The smallest absolute Gasteiger partial charge is 0.164 e. The number of nitrogens with zero attached hydrogens (tertiary/aromatic N) is 3. The lowest BCUT2D eigenvalue weighted by atomic mass is 9.94. The van der Waals surface area contributed by atoms with Gasteiger partial charge in [-0.15, -0.1) is 11.3 Å². The topological polar surface area (TPSA) is 51.8 Å². The van der Waals surface area contributed by atoms with E-state index in [1.807, 2.05) is 72.0 Å². The van der Waals surface area contributed by atoms with E-state index in [-0.39, 0.29) is 0 Å². The number of thiophene rings is 1. The Morgan fingerprint density at radius 3 is 1.59 bits per heavy atom. The molecule has 0 fully saturated rings. The van der Waals surface area contributed by atoms with E-state index in [0.717, 1.165) is 55.3 Å². The Labute approximate surface area is 327 Å². The molecule has 0 aliphatic carbocycles. The van der Waals surface area contributed by atoms with E-state index in [9.17, 15) is 0 Å². The molecule has 11 rings (SSSR count). The molecule has 0 unspecified atom stereocenters. The highest BCUT2D eigenvalue weighted by Gasteiger charge is 2.20. The zero-order chi connectivity index (χ0) is 37.0. The molecule has 0 radical (unpaired) electrons. The standard InChI is InChI=1S/C51H31N3OS/c1-4-15-32(16-5-1)38-24-11-28-42-46-39(25-14-30-44(46)56-48(38)42)40-26-12-27-41-45-37(23-13-29-43(45)55-47(40)41)35-21-10-22-36(31-35)51-53-49(33-17-6-2-7-18-33)52-50(54-51)34-19-8-3-9-20-34/h1-31H. The van der Waals surface area contributed by atoms with Crippen LogP contribution >= 0.6 is 11.3 Å². The molecule has 3 heterocycles. The molecule has 5 heteroatoms. The highest BCUT2D eigenvalue weighted by Crippen LogP contribution is 2.47. The maximum absolute atomic E-state index is 6.85. The van der Waals surface area contributed by atoms with Gasteiger partial charge in [-0.25, -0.2) is 15.0 Å². The SMILES string of the molecule is c1ccc(-c2nc(-c3ccccc3)nc(-c3cccc(-c4cccc5oc6c(-c7cccc8sc9c(-c%10ccccc%10)cccc9c78)cccc6c45)c3)n2)cc1. The van der Waals surface area contributed by atoms with Gasteiger partial charge in [-0.2, -0.15) is 0 Å². The van der Waals surface area contributed by atoms with Gasteiger partial charge in [0.15, 0.2) is 17.5 Å². The van der Waals surface area contributed by atoms with Crippen LogP contribution < -0.4 is 0 Å². The van der Waals surface area contributed by atoms with Gasteiger partial charge < -0.3 is 4.42 Å². The molecule has 262 valence electrons. The van der Waals surface area contributed by atoms with Gasteiger partial charge in [-0.3, -0.25) is 0 Å². The second-order valence-corrected chi connectivity index (χ2v) is 15.0. The summed E-state index contributed by atoms with van der Waals surface area (Å²) in [5.41, 5.74) is 11.4. The van der Waals surface area contributed by atoms with Crippen molar-refractivity contribution in [1.29, 1.82) is 0 Å². The summed E-state index contributed by atoms with van der Waals surface area (Å²) in [5, 5.41) is 4.68. The van der Waals surface area contributed by atoms with Gasteiger partial charge in [0.05, 0.1) is 0 Å². The second kappa shape index (κ2) is 13.3. The molecular formula is C51H31N3OS. The Kier molecular flexibility index (Phi) is 7.64. The molecule has 0 N–H and O–H groups in total. The monoisotopic (exact) mass is 733 g/mol. The normalized spacial score (nSPS) is 11.6. The lowest BCUT2D eigenvalue weighted by Gasteiger charge is -2.10. The van der Waals surface area contributed by atoms with Crippen LogP contribution in [0.3, 0.4) is 0 Å². The van der Waals surface area contributed by atoms with Gasteiger partial charge in [-0.05, 0) is 46.0 Å². The number of aromatic nitrogens is 3. The number of hydrogen-bond acceptors (Lipinski definition) is 5. The third-order valence-corrected chi connectivity index (χ3v) is 11.8. The van der Waals surface area contributed by atoms with Gasteiger partial charge in [0.2, 0.25) is 0 Å². The summed E-state index contributed by atoms with van der Waals surface area (Å²) in [7, 11) is 0. The van der Waals surface area contributed by atoms with Crippen LogP contribution in [-0.2, 0) is 0 Å². The molecular weight excluding hydrogens is 703 g/mol. The second-order valence-electron chi connectivity index (χ2n) is 13.9. The Balaban J connectivity index is 1.07. The van der Waals surface area contributed by atoms with Crippen molar-refractivity contribution in [1.82, 2.24) is 15.0 Å². The fraction of sp³-hybridized carbons (Fsp3) is 0. The van der Waals surface area contributed by atoms with E-state index in [0.29, 0.717) is 17.5 Å². The van der Waals surface area contributed by atoms with Crippen molar-refractivity contribution in [2.75, 3.05) is 0 Å². The van der Waals surface area contributed by atoms with Crippen LogP contribution in [0.15, 0.2) is 192 Å². The van der Waals surface area contributed by atoms with Crippen molar-refractivity contribution in [3.8, 4) is 67.5 Å². The van der Waals surface area contributed by atoms with Crippen LogP contribution in [0.4, 0.5) is 0 Å². The molecule has 0 atom stereocenters. The average molecular weight is 734 g/mol. The van der Waals surface area contributed by atoms with Crippen LogP contribution in [0, 0.1) is 0 Å². The van der Waals surface area contributed by atoms with E-state index in [1.54, 1.807) is 0 Å². The van der Waals surface area contributed by atoms with Crippen molar-refractivity contribution in [2.24, 2.45) is 0 Å². The van der Waals surface area contributed by atoms with E-state index in [4.69, 9.17) is 19.4 Å². The number of fused-ring (bicyclic) bond motifs is 6. The molecule has 0 amide bonds. The predicted molar refractivity (Wildman–Crippen MR) is 233 cm³/mol. The Bertz CT molecular complexity index is 3180. The van der Waals surface area contributed by atoms with E-state index < -0.39 is 0 Å². The van der Waals surface area contributed by atoms with Crippen molar-refractivity contribution < 1.29 is 4.42 Å². The molecule has 4 nitrogen and oxygen atoms in total. The molecule has 0 aliphatic rings. The fourth-order valence-electron chi connectivity index (χ4n) is 7.98. The number of hydrogen-bond donors (Lipinski definition) is 0. The van der Waals surface area contributed by atoms with Crippen LogP contribution in [0.25, 0.3) is 110 Å². The maximum atomic E-state index is 6.85. The zero-order valence-corrected chi connectivity index (χ0v) is 30.9. The minimum Gasteiger partial charge on any atom is -0.455 e. The first-order chi connectivity index (χ1) is 27.8. The summed E-state index contributed by atoms with van der Waals surface area (Å²) in [4.78, 5) is 14.9. The van der Waals surface area contributed by atoms with Gasteiger partial charge >= 0.3 is 0 Å². The Morgan fingerprint density at radius 2 is 0.875 bits per heavy atom. The molecule has 3 aromatic heterocycles. The van der Waals surface area contributed by atoms with Crippen molar-refractivity contribution in [2.45, 2.75) is 0 Å². The molecule has 0 saturated heterocycles. The predicted octanol–water partition coefficient (Wildman–Crippen LogP) is 14.1. The summed E-state index contributed by atoms with van der Waals surface area (Å²) >= 11 is 1.86. The number of para-hydroxylation sites is 1. The minimum atomic E-state index is 0.623. The fourth-order valence-corrected chi connectivity index (χ4v) is 9.25. The van der Waals surface area contributed by atoms with Crippen molar-refractivity contribution >= 4 is 53.4 Å². The van der Waals surface area contributed by atoms with Crippen LogP contribution in [0.5, 0.6) is 0 Å². The van der Waals surface area contributed by atoms with Gasteiger partial charge in [0.25, 0.3) is 0 Å². The lowest BCUT2D eigenvalue weighted by Crippen LogP contribution is -2.00. The first-order valence-electron chi connectivity index (χ1n) is 18.7. The number of benzene rings is 8. The number of rotatable bonds is 6. The van der Waals surface area contributed by atoms with Gasteiger partial charge in [-0.1, -0.05) is 170 Å². The Morgan fingerprint density at radius 1 is 0.357 bits per heavy atom. The van der Waals surface area contributed by atoms with Crippen molar-refractivity contribution in [3.05, 3.63) is 188 Å². The zero-order valence-electron chi connectivity index (χ0n) is 30.1. The highest BCUT2D eigenvalue weighted by atomic mass is 32.1. The largest absolute Gasteiger partial charge is 0.455 e.